The van der Waals surface area contributed by atoms with E-state index in [-0.39, 0.29) is 20.4 Å². The third kappa shape index (κ3) is 6.83. The van der Waals surface area contributed by atoms with Crippen LogP contribution in [-0.4, -0.2) is 18.8 Å². The average molecular weight is 976 g/mol. The maximum atomic E-state index is 6.83. The first-order valence-corrected chi connectivity index (χ1v) is 23.9. The Balaban J connectivity index is 0.00000507. The molecule has 5 nitrogen and oxygen atoms in total. The summed E-state index contributed by atoms with van der Waals surface area (Å²) < 4.78 is 11.4. The van der Waals surface area contributed by atoms with Gasteiger partial charge in [0.25, 0.3) is 0 Å². The van der Waals surface area contributed by atoms with E-state index in [1.54, 1.807) is 0 Å². The monoisotopic (exact) mass is 974 g/mol. The van der Waals surface area contributed by atoms with Gasteiger partial charge in [0, 0.05) is 22.5 Å². The molecule has 0 saturated heterocycles. The Morgan fingerprint density at radius 2 is 0.779 bits per heavy atom. The van der Waals surface area contributed by atoms with Crippen LogP contribution in [-0.2, 0) is 20.4 Å². The smallest absolute Gasteiger partial charge is 0.497 e. The molecule has 4 aromatic heterocycles. The molecule has 336 valence electrons. The van der Waals surface area contributed by atoms with Crippen LogP contribution in [0.1, 0.15) is 101 Å². The average Bonchev–Trinajstić information content (AvgIpc) is 3.93. The van der Waals surface area contributed by atoms with Crippen LogP contribution in [0.15, 0.2) is 146 Å². The second-order valence-corrected chi connectivity index (χ2v) is 19.5. The van der Waals surface area contributed by atoms with Crippen LogP contribution in [0.25, 0.3) is 99.0 Å². The molecule has 4 heterocycles. The molecule has 0 bridgehead atoms. The van der Waals surface area contributed by atoms with E-state index in [1.807, 2.05) is 12.1 Å². The number of fused-ring (bicyclic) bond motifs is 16. The summed E-state index contributed by atoms with van der Waals surface area (Å²) in [6, 6.07) is 60.2. The van der Waals surface area contributed by atoms with Crippen molar-refractivity contribution >= 4 is 76.7 Å². The van der Waals surface area contributed by atoms with Crippen molar-refractivity contribution in [2.45, 2.75) is 79.1 Å². The van der Waals surface area contributed by atoms with Crippen molar-refractivity contribution in [1.82, 2.24) is 18.8 Å². The minimum Gasteiger partial charge on any atom is -0.497 e. The summed E-state index contributed by atoms with van der Waals surface area (Å²) in [5.41, 5.74) is 18.5. The molecule has 0 fully saturated rings. The zero-order chi connectivity index (χ0) is 45.8. The SMILES string of the molecule is CC(C)c1cccc(C(C)C)c1-c1ccc2c(c1)c1ccc(Oc3[c-]c4c(cc3)c3cc(-c5c(C(C)C)cccc5C(C)C)ccc3n3c5ccccc5nc43)[c-]c1c1nc3ccccc3n21.[Pd+2]. The molecule has 0 spiro atoms. The van der Waals surface area contributed by atoms with E-state index in [9.17, 15) is 0 Å². The Kier molecular flexibility index (Phi) is 10.8. The number of benzene rings is 8. The van der Waals surface area contributed by atoms with Crippen molar-refractivity contribution in [3.8, 4) is 33.8 Å². The maximum absolute atomic E-state index is 6.83. The minimum absolute atomic E-state index is 0. The predicted molar refractivity (Wildman–Crippen MR) is 280 cm³/mol. The van der Waals surface area contributed by atoms with E-state index in [4.69, 9.17) is 14.7 Å². The topological polar surface area (TPSA) is 43.8 Å². The number of ether oxygens (including phenoxy) is 1. The number of imidazole rings is 2. The van der Waals surface area contributed by atoms with Gasteiger partial charge in [-0.2, -0.15) is 0 Å². The minimum atomic E-state index is 0. The molecule has 0 amide bonds. The van der Waals surface area contributed by atoms with Gasteiger partial charge in [0.05, 0.1) is 33.4 Å². The molecule has 0 radical (unpaired) electrons. The van der Waals surface area contributed by atoms with Crippen LogP contribution in [0, 0.1) is 12.1 Å². The fourth-order valence-corrected chi connectivity index (χ4v) is 10.8. The number of para-hydroxylation sites is 4. The maximum Gasteiger partial charge on any atom is 2.00 e. The number of pyridine rings is 2. The van der Waals surface area contributed by atoms with Crippen LogP contribution in [0.2, 0.25) is 0 Å². The molecule has 0 N–H and O–H groups in total. The first kappa shape index (κ1) is 43.7. The zero-order valence-corrected chi connectivity index (χ0v) is 41.2. The first-order valence-electron chi connectivity index (χ1n) is 23.9. The van der Waals surface area contributed by atoms with Gasteiger partial charge < -0.3 is 13.5 Å². The van der Waals surface area contributed by atoms with E-state index in [0.717, 1.165) is 76.7 Å². The molecule has 0 aliphatic heterocycles. The van der Waals surface area contributed by atoms with Crippen LogP contribution in [0.3, 0.4) is 0 Å². The molecule has 68 heavy (non-hydrogen) atoms. The molecule has 6 heteroatoms. The second-order valence-electron chi connectivity index (χ2n) is 19.5. The second kappa shape index (κ2) is 16.7. The number of nitrogens with zero attached hydrogens (tertiary/aromatic N) is 4. The summed E-state index contributed by atoms with van der Waals surface area (Å²) in [6.45, 7) is 18.3. The molecular weight excluding hydrogens is 923 g/mol. The fraction of sp³-hybridized carbons (Fsp3) is 0.194. The molecule has 0 atom stereocenters. The summed E-state index contributed by atoms with van der Waals surface area (Å²) in [6.07, 6.45) is 0. The Morgan fingerprint density at radius 1 is 0.397 bits per heavy atom. The van der Waals surface area contributed by atoms with Crippen LogP contribution in [0.4, 0.5) is 0 Å². The van der Waals surface area contributed by atoms with E-state index >= 15 is 0 Å². The molecule has 0 aliphatic carbocycles. The molecular formula is C62H52N4OPd. The predicted octanol–water partition coefficient (Wildman–Crippen LogP) is 17.1. The van der Waals surface area contributed by atoms with Crippen molar-refractivity contribution in [3.63, 3.8) is 0 Å². The summed E-state index contributed by atoms with van der Waals surface area (Å²) in [5, 5.41) is 6.26. The van der Waals surface area contributed by atoms with E-state index in [1.165, 1.54) is 44.5 Å². The largest absolute Gasteiger partial charge is 2.00 e. The Labute approximate surface area is 411 Å². The van der Waals surface area contributed by atoms with Gasteiger partial charge in [0.1, 0.15) is 0 Å². The van der Waals surface area contributed by atoms with Crippen molar-refractivity contribution in [3.05, 3.63) is 180 Å². The number of aromatic nitrogens is 4. The molecule has 0 saturated carbocycles. The quantitative estimate of drug-likeness (QED) is 0.0866. The van der Waals surface area contributed by atoms with E-state index < -0.39 is 0 Å². The van der Waals surface area contributed by atoms with Crippen LogP contribution in [0.5, 0.6) is 11.5 Å². The van der Waals surface area contributed by atoms with Gasteiger partial charge in [-0.1, -0.05) is 186 Å². The molecule has 12 rings (SSSR count). The standard InChI is InChI=1S/C62H52N4O.Pd/c1-35(2)43-15-13-16-44(36(3)4)59(43)39-23-29-55-49(31-39)47-27-25-41(33-51(47)61-63-53-19-9-11-21-57(53)65(55)61)67-42-26-28-48-50-32-40(60-45(37(5)6)17-14-18-46(60)38(7)8)24-30-56(50)66-58-22-12-10-20-54(58)64-62(66)52(48)34-42;/h9-32,35-38H,1-8H3;/q-2;+2. The number of hydrogen-bond donors (Lipinski definition) is 0. The molecule has 8 aromatic carbocycles. The summed E-state index contributed by atoms with van der Waals surface area (Å²) >= 11 is 0. The molecule has 0 unspecified atom stereocenters. The van der Waals surface area contributed by atoms with Crippen LogP contribution >= 0.6 is 0 Å². The Hall–Kier alpha value is -6.84. The van der Waals surface area contributed by atoms with Crippen molar-refractivity contribution < 1.29 is 25.2 Å². The third-order valence-electron chi connectivity index (χ3n) is 14.0. The summed E-state index contributed by atoms with van der Waals surface area (Å²) in [7, 11) is 0. The molecule has 0 aliphatic rings. The number of hydrogen-bond acceptors (Lipinski definition) is 3. The van der Waals surface area contributed by atoms with Gasteiger partial charge in [0.15, 0.2) is 0 Å². The van der Waals surface area contributed by atoms with Gasteiger partial charge in [-0.3, -0.25) is 9.97 Å². The van der Waals surface area contributed by atoms with Gasteiger partial charge in [-0.15, -0.1) is 12.1 Å². The first-order chi connectivity index (χ1) is 32.5. The fourth-order valence-electron chi connectivity index (χ4n) is 10.8. The van der Waals surface area contributed by atoms with Gasteiger partial charge >= 0.3 is 20.4 Å². The Bertz CT molecular complexity index is 3670. The Morgan fingerprint density at radius 3 is 1.16 bits per heavy atom. The number of rotatable bonds is 8. The zero-order valence-electron chi connectivity index (χ0n) is 39.7. The van der Waals surface area contributed by atoms with Gasteiger partial charge in [-0.25, -0.2) is 0 Å². The summed E-state index contributed by atoms with van der Waals surface area (Å²) in [4.78, 5) is 10.5. The van der Waals surface area contributed by atoms with Gasteiger partial charge in [-0.05, 0) is 115 Å². The van der Waals surface area contributed by atoms with E-state index in [0.29, 0.717) is 35.2 Å². The van der Waals surface area contributed by atoms with Crippen molar-refractivity contribution in [2.24, 2.45) is 0 Å². The third-order valence-corrected chi connectivity index (χ3v) is 14.0. The molecule has 12 aromatic rings. The summed E-state index contributed by atoms with van der Waals surface area (Å²) in [5.74, 6) is 2.72. The van der Waals surface area contributed by atoms with Crippen molar-refractivity contribution in [1.29, 1.82) is 0 Å². The van der Waals surface area contributed by atoms with Crippen LogP contribution < -0.4 is 4.74 Å². The normalized spacial score (nSPS) is 12.2. The van der Waals surface area contributed by atoms with Gasteiger partial charge in [0.2, 0.25) is 0 Å². The van der Waals surface area contributed by atoms with E-state index in [2.05, 4.69) is 210 Å². The van der Waals surface area contributed by atoms with Crippen molar-refractivity contribution in [2.75, 3.05) is 0 Å².